The molecule has 3 nitrogen and oxygen atoms in total. The molecule has 0 radical (unpaired) electrons. The van der Waals surface area contributed by atoms with Gasteiger partial charge in [0.05, 0.1) is 0 Å². The minimum atomic E-state index is 0.0301. The van der Waals surface area contributed by atoms with E-state index in [1.165, 1.54) is 0 Å². The molecule has 0 aliphatic heterocycles. The number of aliphatic hydroxyl groups excluding tert-OH is 3. The van der Waals surface area contributed by atoms with Gasteiger partial charge in [0.25, 0.3) is 0 Å². The summed E-state index contributed by atoms with van der Waals surface area (Å²) in [7, 11) is 2.53. The van der Waals surface area contributed by atoms with Crippen molar-refractivity contribution in [2.75, 3.05) is 26.0 Å². The summed E-state index contributed by atoms with van der Waals surface area (Å²) in [6.07, 6.45) is 1.33. The summed E-state index contributed by atoms with van der Waals surface area (Å²) in [5.41, 5.74) is 0. The first-order valence-electron chi connectivity index (χ1n) is 3.82. The van der Waals surface area contributed by atoms with Crippen molar-refractivity contribution in [3.05, 3.63) is 0 Å². The zero-order valence-electron chi connectivity index (χ0n) is 6.61. The Labute approximate surface area is 69.6 Å². The summed E-state index contributed by atoms with van der Waals surface area (Å²) in [6.45, 7) is 0.196. The molecule has 0 heterocycles. The van der Waals surface area contributed by atoms with Gasteiger partial charge >= 0.3 is 0 Å². The Morgan fingerprint density at radius 2 is 1.55 bits per heavy atom. The molecule has 0 saturated carbocycles. The molecule has 68 valence electrons. The Hall–Kier alpha value is 0.310. The summed E-state index contributed by atoms with van der Waals surface area (Å²) < 4.78 is 0. The van der Waals surface area contributed by atoms with E-state index in [9.17, 15) is 0 Å². The second kappa shape index (κ2) is 6.99. The third-order valence-corrected chi connectivity index (χ3v) is 2.54. The minimum Gasteiger partial charge on any atom is -0.396 e. The molecule has 3 N–H and O–H groups in total. The summed E-state index contributed by atoms with van der Waals surface area (Å²) in [6, 6.07) is 0. The topological polar surface area (TPSA) is 60.7 Å². The summed E-state index contributed by atoms with van der Waals surface area (Å²) in [4.78, 5) is 0. The smallest absolute Gasteiger partial charge is 0.0465 e. The van der Waals surface area contributed by atoms with Crippen LogP contribution < -0.4 is 0 Å². The fraction of sp³-hybridized carbons (Fsp3) is 1.00. The van der Waals surface area contributed by atoms with Crippen molar-refractivity contribution < 1.29 is 15.3 Å². The predicted molar refractivity (Wildman–Crippen MR) is 47.4 cm³/mol. The molecule has 0 aromatic carbocycles. The van der Waals surface area contributed by atoms with Crippen LogP contribution in [0.1, 0.15) is 6.42 Å². The van der Waals surface area contributed by atoms with Gasteiger partial charge in [0.2, 0.25) is 0 Å². The van der Waals surface area contributed by atoms with E-state index < -0.39 is 0 Å². The molecule has 0 fully saturated rings. The second-order valence-corrected chi connectivity index (χ2v) is 3.10. The van der Waals surface area contributed by atoms with E-state index in [-0.39, 0.29) is 31.7 Å². The van der Waals surface area contributed by atoms with Gasteiger partial charge < -0.3 is 15.3 Å². The van der Waals surface area contributed by atoms with Gasteiger partial charge in [-0.1, -0.05) is 0 Å². The van der Waals surface area contributed by atoms with Crippen molar-refractivity contribution in [2.45, 2.75) is 6.42 Å². The van der Waals surface area contributed by atoms with Crippen LogP contribution in [0.5, 0.6) is 0 Å². The number of hydrogen-bond acceptors (Lipinski definition) is 3. The molecule has 0 aliphatic rings. The molecule has 0 aliphatic carbocycles. The molecule has 0 aromatic rings. The standard InChI is InChI=1S/C7H17O3P/c8-2-1-6(3-9)7(4-10)5-11/h6-10H,1-5,11H2. The third kappa shape index (κ3) is 4.02. The van der Waals surface area contributed by atoms with Crippen molar-refractivity contribution >= 4 is 9.24 Å². The van der Waals surface area contributed by atoms with E-state index >= 15 is 0 Å². The molecule has 0 rings (SSSR count). The maximum absolute atomic E-state index is 8.86. The maximum Gasteiger partial charge on any atom is 0.0465 e. The van der Waals surface area contributed by atoms with Crippen LogP contribution in [0.3, 0.4) is 0 Å². The first-order valence-corrected chi connectivity index (χ1v) is 4.64. The Bertz CT molecular complexity index is 85.8. The van der Waals surface area contributed by atoms with Crippen LogP contribution >= 0.6 is 9.24 Å². The molecule has 0 spiro atoms. The average molecular weight is 180 g/mol. The van der Waals surface area contributed by atoms with Gasteiger partial charge in [-0.2, -0.15) is 0 Å². The molecule has 3 atom stereocenters. The molecule has 4 heteroatoms. The zero-order valence-corrected chi connectivity index (χ0v) is 7.76. The molecular weight excluding hydrogens is 163 g/mol. The van der Waals surface area contributed by atoms with E-state index in [1.807, 2.05) is 0 Å². The number of hydrogen-bond donors (Lipinski definition) is 3. The fourth-order valence-electron chi connectivity index (χ4n) is 1.06. The fourth-order valence-corrected chi connectivity index (χ4v) is 1.59. The highest BCUT2D eigenvalue weighted by Crippen LogP contribution is 2.16. The predicted octanol–water partition coefficient (Wildman–Crippen LogP) is -0.539. The van der Waals surface area contributed by atoms with Crippen molar-refractivity contribution in [3.63, 3.8) is 0 Å². The van der Waals surface area contributed by atoms with Crippen LogP contribution in [-0.2, 0) is 0 Å². The Morgan fingerprint density at radius 3 is 1.82 bits per heavy atom. The zero-order chi connectivity index (χ0) is 8.69. The van der Waals surface area contributed by atoms with Gasteiger partial charge in [0, 0.05) is 19.8 Å². The van der Waals surface area contributed by atoms with Gasteiger partial charge in [-0.15, -0.1) is 9.24 Å². The Kier molecular flexibility index (Phi) is 7.18. The van der Waals surface area contributed by atoms with Gasteiger partial charge in [0.1, 0.15) is 0 Å². The van der Waals surface area contributed by atoms with Gasteiger partial charge in [-0.05, 0) is 24.4 Å². The number of rotatable bonds is 6. The normalized spacial score (nSPS) is 16.4. The summed E-state index contributed by atoms with van der Waals surface area (Å²) in [5.74, 6) is 0.125. The third-order valence-electron chi connectivity index (χ3n) is 1.94. The first-order chi connectivity index (χ1) is 5.29. The minimum absolute atomic E-state index is 0.0301. The Morgan fingerprint density at radius 1 is 1.00 bits per heavy atom. The van der Waals surface area contributed by atoms with Crippen molar-refractivity contribution in [1.29, 1.82) is 0 Å². The summed E-state index contributed by atoms with van der Waals surface area (Å²) >= 11 is 0. The summed E-state index contributed by atoms with van der Waals surface area (Å²) in [5, 5.41) is 26.3. The van der Waals surface area contributed by atoms with E-state index in [2.05, 4.69) is 9.24 Å². The van der Waals surface area contributed by atoms with Gasteiger partial charge in [-0.3, -0.25) is 0 Å². The SMILES string of the molecule is OCCC(CO)C(CO)CP. The van der Waals surface area contributed by atoms with E-state index in [0.29, 0.717) is 6.42 Å². The maximum atomic E-state index is 8.86. The van der Waals surface area contributed by atoms with Crippen molar-refractivity contribution in [1.82, 2.24) is 0 Å². The lowest BCUT2D eigenvalue weighted by atomic mass is 9.92. The van der Waals surface area contributed by atoms with Crippen LogP contribution in [0.4, 0.5) is 0 Å². The molecule has 3 unspecified atom stereocenters. The van der Waals surface area contributed by atoms with E-state index in [4.69, 9.17) is 15.3 Å². The van der Waals surface area contributed by atoms with Crippen LogP contribution in [0.25, 0.3) is 0 Å². The van der Waals surface area contributed by atoms with Crippen LogP contribution in [0, 0.1) is 11.8 Å². The lowest BCUT2D eigenvalue weighted by Gasteiger charge is -2.21. The molecule has 0 bridgehead atoms. The van der Waals surface area contributed by atoms with E-state index in [1.54, 1.807) is 0 Å². The molecule has 0 saturated heterocycles. The monoisotopic (exact) mass is 180 g/mol. The van der Waals surface area contributed by atoms with E-state index in [0.717, 1.165) is 6.16 Å². The average Bonchev–Trinajstić information content (AvgIpc) is 2.05. The number of aliphatic hydroxyl groups is 3. The van der Waals surface area contributed by atoms with Gasteiger partial charge in [0.15, 0.2) is 0 Å². The molecule has 11 heavy (non-hydrogen) atoms. The largest absolute Gasteiger partial charge is 0.396 e. The molecule has 0 aromatic heterocycles. The Balaban J connectivity index is 3.76. The van der Waals surface area contributed by atoms with Gasteiger partial charge in [-0.25, -0.2) is 0 Å². The van der Waals surface area contributed by atoms with Crippen LogP contribution in [0.2, 0.25) is 0 Å². The second-order valence-electron chi connectivity index (χ2n) is 2.63. The highest BCUT2D eigenvalue weighted by Gasteiger charge is 2.17. The lowest BCUT2D eigenvalue weighted by Crippen LogP contribution is -2.24. The van der Waals surface area contributed by atoms with Crippen molar-refractivity contribution in [2.24, 2.45) is 11.8 Å². The first kappa shape index (κ1) is 11.3. The van der Waals surface area contributed by atoms with Crippen LogP contribution in [-0.4, -0.2) is 41.3 Å². The van der Waals surface area contributed by atoms with Crippen molar-refractivity contribution in [3.8, 4) is 0 Å². The lowest BCUT2D eigenvalue weighted by molar-refractivity contribution is 0.110. The quantitative estimate of drug-likeness (QED) is 0.481. The molecular formula is C7H17O3P. The highest BCUT2D eigenvalue weighted by molar-refractivity contribution is 7.16. The highest BCUT2D eigenvalue weighted by atomic mass is 31.0. The van der Waals surface area contributed by atoms with Crippen LogP contribution in [0.15, 0.2) is 0 Å². The molecule has 0 amide bonds.